The number of thioether (sulfide) groups is 1. The summed E-state index contributed by atoms with van der Waals surface area (Å²) >= 11 is 1.71. The van der Waals surface area contributed by atoms with E-state index in [-0.39, 0.29) is 5.92 Å². The summed E-state index contributed by atoms with van der Waals surface area (Å²) in [6.07, 6.45) is 2.80. The quantitative estimate of drug-likeness (QED) is 0.801. The van der Waals surface area contributed by atoms with Crippen molar-refractivity contribution < 1.29 is 5.11 Å². The summed E-state index contributed by atoms with van der Waals surface area (Å²) in [5, 5.41) is 11.0. The van der Waals surface area contributed by atoms with Gasteiger partial charge in [-0.1, -0.05) is 26.0 Å². The maximum Gasteiger partial charge on any atom is 0.0931 e. The van der Waals surface area contributed by atoms with Crippen LogP contribution in [0.2, 0.25) is 0 Å². The zero-order valence-electron chi connectivity index (χ0n) is 12.1. The number of benzene rings is 1. The first-order valence-corrected chi connectivity index (χ1v) is 7.68. The molecule has 3 heteroatoms. The summed E-state index contributed by atoms with van der Waals surface area (Å²) in [5.74, 6) is 0.203. The first kappa shape index (κ1) is 15.5. The van der Waals surface area contributed by atoms with Crippen LogP contribution in [0.5, 0.6) is 0 Å². The number of aliphatic hydroxyl groups is 1. The third-order valence-electron chi connectivity index (χ3n) is 3.56. The third-order valence-corrected chi connectivity index (χ3v) is 4.29. The molecule has 0 heterocycles. The lowest BCUT2D eigenvalue weighted by Crippen LogP contribution is -2.38. The minimum Gasteiger partial charge on any atom is -0.385 e. The van der Waals surface area contributed by atoms with E-state index in [0.717, 1.165) is 18.5 Å². The van der Waals surface area contributed by atoms with Crippen molar-refractivity contribution in [1.29, 1.82) is 0 Å². The Bertz CT molecular complexity index is 381. The van der Waals surface area contributed by atoms with Crippen molar-refractivity contribution in [3.63, 3.8) is 0 Å². The Balaban J connectivity index is 3.05. The second kappa shape index (κ2) is 6.60. The maximum absolute atomic E-state index is 11.0. The lowest BCUT2D eigenvalue weighted by atomic mass is 9.80. The van der Waals surface area contributed by atoms with Gasteiger partial charge in [0.1, 0.15) is 0 Å². The molecule has 2 unspecified atom stereocenters. The Labute approximate surface area is 115 Å². The van der Waals surface area contributed by atoms with E-state index >= 15 is 0 Å². The molecule has 0 fully saturated rings. The Morgan fingerprint density at radius 1 is 1.39 bits per heavy atom. The summed E-state index contributed by atoms with van der Waals surface area (Å²) in [4.78, 5) is 3.33. The van der Waals surface area contributed by atoms with Crippen LogP contribution >= 0.6 is 11.8 Å². The highest BCUT2D eigenvalue weighted by atomic mass is 32.2. The molecule has 0 spiro atoms. The molecule has 2 atom stereocenters. The minimum absolute atomic E-state index is 0.203. The van der Waals surface area contributed by atoms with Crippen LogP contribution in [0.15, 0.2) is 29.2 Å². The zero-order chi connectivity index (χ0) is 13.8. The number of nitrogens with zero attached hydrogens (tertiary/aromatic N) is 1. The van der Waals surface area contributed by atoms with Gasteiger partial charge in [0, 0.05) is 17.4 Å². The first-order chi connectivity index (χ1) is 8.43. The Hall–Kier alpha value is -0.510. The molecular weight excluding hydrogens is 242 g/mol. The Kier molecular flexibility index (Phi) is 5.70. The van der Waals surface area contributed by atoms with Crippen molar-refractivity contribution in [3.05, 3.63) is 29.8 Å². The van der Waals surface area contributed by atoms with Crippen LogP contribution in [-0.2, 0) is 5.60 Å². The average Bonchev–Trinajstić information content (AvgIpc) is 2.37. The molecule has 2 nitrogen and oxygen atoms in total. The van der Waals surface area contributed by atoms with Gasteiger partial charge in [-0.15, -0.1) is 11.8 Å². The molecule has 0 aliphatic carbocycles. The third kappa shape index (κ3) is 3.50. The average molecular weight is 267 g/mol. The minimum atomic E-state index is -0.740. The van der Waals surface area contributed by atoms with Crippen LogP contribution in [0.1, 0.15) is 25.8 Å². The van der Waals surface area contributed by atoms with Crippen LogP contribution in [0.3, 0.4) is 0 Å². The molecule has 1 aromatic rings. The predicted molar refractivity (Wildman–Crippen MR) is 80.1 cm³/mol. The van der Waals surface area contributed by atoms with E-state index in [2.05, 4.69) is 37.1 Å². The molecule has 0 amide bonds. The predicted octanol–water partition coefficient (Wildman–Crippen LogP) is 3.20. The van der Waals surface area contributed by atoms with E-state index in [9.17, 15) is 5.11 Å². The van der Waals surface area contributed by atoms with Gasteiger partial charge in [0.25, 0.3) is 0 Å². The standard InChI is InChI=1S/C15H25NOS/c1-6-15(17,12(2)11-16(3)4)13-8-7-9-14(10-13)18-5/h7-10,12,17H,6,11H2,1-5H3. The van der Waals surface area contributed by atoms with Crippen molar-refractivity contribution in [3.8, 4) is 0 Å². The van der Waals surface area contributed by atoms with Crippen molar-refractivity contribution in [2.24, 2.45) is 5.92 Å². The van der Waals surface area contributed by atoms with Crippen molar-refractivity contribution in [1.82, 2.24) is 4.90 Å². The van der Waals surface area contributed by atoms with Gasteiger partial charge in [0.2, 0.25) is 0 Å². The zero-order valence-corrected chi connectivity index (χ0v) is 12.9. The van der Waals surface area contributed by atoms with Crippen LogP contribution in [0.25, 0.3) is 0 Å². The van der Waals surface area contributed by atoms with Crippen molar-refractivity contribution in [2.45, 2.75) is 30.8 Å². The SMILES string of the molecule is CCC(O)(c1cccc(SC)c1)C(C)CN(C)C. The molecule has 0 bridgehead atoms. The second-order valence-electron chi connectivity index (χ2n) is 5.17. The summed E-state index contributed by atoms with van der Waals surface area (Å²) in [6.45, 7) is 5.06. The molecule has 0 radical (unpaired) electrons. The molecule has 0 saturated heterocycles. The van der Waals surface area contributed by atoms with Gasteiger partial charge in [0.15, 0.2) is 0 Å². The van der Waals surface area contributed by atoms with Gasteiger partial charge in [-0.05, 0) is 44.5 Å². The molecule has 0 aliphatic rings. The fourth-order valence-electron chi connectivity index (χ4n) is 2.43. The second-order valence-corrected chi connectivity index (χ2v) is 6.05. The summed E-state index contributed by atoms with van der Waals surface area (Å²) in [7, 11) is 4.09. The molecule has 0 saturated carbocycles. The van der Waals surface area contributed by atoms with Crippen LogP contribution in [0, 0.1) is 5.92 Å². The van der Waals surface area contributed by atoms with Gasteiger partial charge in [-0.25, -0.2) is 0 Å². The number of rotatable bonds is 6. The molecule has 0 aliphatic heterocycles. The molecule has 18 heavy (non-hydrogen) atoms. The largest absolute Gasteiger partial charge is 0.385 e. The van der Waals surface area contributed by atoms with Crippen molar-refractivity contribution >= 4 is 11.8 Å². The lowest BCUT2D eigenvalue weighted by molar-refractivity contribution is -0.0293. The first-order valence-electron chi connectivity index (χ1n) is 6.45. The molecule has 1 N–H and O–H groups in total. The molecule has 0 aromatic heterocycles. The smallest absolute Gasteiger partial charge is 0.0931 e. The maximum atomic E-state index is 11.0. The van der Waals surface area contributed by atoms with Gasteiger partial charge < -0.3 is 10.0 Å². The van der Waals surface area contributed by atoms with E-state index in [1.54, 1.807) is 11.8 Å². The van der Waals surface area contributed by atoms with Crippen LogP contribution in [-0.4, -0.2) is 36.9 Å². The van der Waals surface area contributed by atoms with Gasteiger partial charge in [-0.3, -0.25) is 0 Å². The van der Waals surface area contributed by atoms with Crippen LogP contribution in [0.4, 0.5) is 0 Å². The summed E-state index contributed by atoms with van der Waals surface area (Å²) in [5.41, 5.74) is 0.293. The topological polar surface area (TPSA) is 23.5 Å². The number of hydrogen-bond donors (Lipinski definition) is 1. The monoisotopic (exact) mass is 267 g/mol. The summed E-state index contributed by atoms with van der Waals surface area (Å²) < 4.78 is 0. The van der Waals surface area contributed by atoms with E-state index in [1.807, 2.05) is 26.2 Å². The van der Waals surface area contributed by atoms with E-state index in [4.69, 9.17) is 0 Å². The molecule has 1 aromatic carbocycles. The highest BCUT2D eigenvalue weighted by Crippen LogP contribution is 2.34. The Morgan fingerprint density at radius 2 is 2.06 bits per heavy atom. The van der Waals surface area contributed by atoms with E-state index < -0.39 is 5.60 Å². The highest BCUT2D eigenvalue weighted by Gasteiger charge is 2.34. The fraction of sp³-hybridized carbons (Fsp3) is 0.600. The van der Waals surface area contributed by atoms with Gasteiger partial charge >= 0.3 is 0 Å². The van der Waals surface area contributed by atoms with Gasteiger partial charge in [0.05, 0.1) is 5.60 Å². The van der Waals surface area contributed by atoms with Crippen molar-refractivity contribution in [2.75, 3.05) is 26.9 Å². The fourth-order valence-corrected chi connectivity index (χ4v) is 2.89. The molecule has 102 valence electrons. The summed E-state index contributed by atoms with van der Waals surface area (Å²) in [6, 6.07) is 8.26. The lowest BCUT2D eigenvalue weighted by Gasteiger charge is -2.35. The molecular formula is C15H25NOS. The van der Waals surface area contributed by atoms with Crippen LogP contribution < -0.4 is 0 Å². The van der Waals surface area contributed by atoms with E-state index in [0.29, 0.717) is 0 Å². The number of hydrogen-bond acceptors (Lipinski definition) is 3. The Morgan fingerprint density at radius 3 is 2.56 bits per heavy atom. The molecule has 1 rings (SSSR count). The normalized spacial score (nSPS) is 16.6. The van der Waals surface area contributed by atoms with Gasteiger partial charge in [-0.2, -0.15) is 0 Å². The highest BCUT2D eigenvalue weighted by molar-refractivity contribution is 7.98. The van der Waals surface area contributed by atoms with E-state index in [1.165, 1.54) is 4.90 Å².